The Morgan fingerprint density at radius 3 is 2.89 bits per heavy atom. The summed E-state index contributed by atoms with van der Waals surface area (Å²) in [6, 6.07) is 10.7. The second-order valence-corrected chi connectivity index (χ2v) is 4.15. The third-order valence-electron chi connectivity index (χ3n) is 2.77. The molecule has 0 unspecified atom stereocenters. The van der Waals surface area contributed by atoms with Crippen molar-refractivity contribution in [1.82, 2.24) is 14.6 Å². The van der Waals surface area contributed by atoms with E-state index in [2.05, 4.69) is 10.2 Å². The van der Waals surface area contributed by atoms with Gasteiger partial charge in [-0.05, 0) is 29.8 Å². The lowest BCUT2D eigenvalue weighted by Gasteiger charge is -2.02. The summed E-state index contributed by atoms with van der Waals surface area (Å²) in [7, 11) is 0. The zero-order chi connectivity index (χ0) is 12.5. The van der Waals surface area contributed by atoms with Gasteiger partial charge in [-0.3, -0.25) is 4.40 Å². The number of benzene rings is 1. The minimum Gasteiger partial charge on any atom is -0.508 e. The number of rotatable bonds is 2. The average molecular weight is 240 g/mol. The van der Waals surface area contributed by atoms with Gasteiger partial charge in [0.1, 0.15) is 11.6 Å². The number of hydrogen-bond donors (Lipinski definition) is 2. The second kappa shape index (κ2) is 4.03. The van der Waals surface area contributed by atoms with Crippen molar-refractivity contribution >= 4 is 11.3 Å². The van der Waals surface area contributed by atoms with Crippen LogP contribution in [-0.4, -0.2) is 19.7 Å². The van der Waals surface area contributed by atoms with E-state index >= 15 is 0 Å². The van der Waals surface area contributed by atoms with E-state index in [9.17, 15) is 5.11 Å². The number of hydrogen-bond acceptors (Lipinski definition) is 4. The van der Waals surface area contributed by atoms with Gasteiger partial charge in [-0.2, -0.15) is 0 Å². The monoisotopic (exact) mass is 240 g/mol. The largest absolute Gasteiger partial charge is 0.508 e. The molecule has 0 aliphatic heterocycles. The van der Waals surface area contributed by atoms with E-state index in [1.165, 1.54) is 0 Å². The van der Waals surface area contributed by atoms with Gasteiger partial charge in [0.05, 0.1) is 0 Å². The molecule has 3 N–H and O–H groups in total. The summed E-state index contributed by atoms with van der Waals surface area (Å²) >= 11 is 0. The average Bonchev–Trinajstić information content (AvgIpc) is 2.72. The molecule has 3 rings (SSSR count). The lowest BCUT2D eigenvalue weighted by Crippen LogP contribution is -1.97. The molecule has 0 spiro atoms. The highest BCUT2D eigenvalue weighted by molar-refractivity contribution is 5.47. The first-order valence-electron chi connectivity index (χ1n) is 5.59. The Kier molecular flexibility index (Phi) is 2.37. The van der Waals surface area contributed by atoms with Gasteiger partial charge >= 0.3 is 0 Å². The third kappa shape index (κ3) is 1.86. The van der Waals surface area contributed by atoms with Crippen molar-refractivity contribution in [3.05, 3.63) is 54.0 Å². The molecule has 90 valence electrons. The fourth-order valence-electron chi connectivity index (χ4n) is 1.92. The Bertz CT molecular complexity index is 705. The Balaban J connectivity index is 2.02. The molecule has 0 fully saturated rings. The summed E-state index contributed by atoms with van der Waals surface area (Å²) in [5.41, 5.74) is 8.16. The van der Waals surface area contributed by atoms with Gasteiger partial charge in [0, 0.05) is 18.3 Å². The van der Waals surface area contributed by atoms with Crippen LogP contribution in [0, 0.1) is 0 Å². The fourth-order valence-corrected chi connectivity index (χ4v) is 1.92. The SMILES string of the molecule is Nc1ccc2nnc(Cc3cccc(O)c3)n2c1. The van der Waals surface area contributed by atoms with E-state index in [4.69, 9.17) is 5.73 Å². The smallest absolute Gasteiger partial charge is 0.160 e. The molecule has 0 aliphatic rings. The molecule has 3 aromatic rings. The molecule has 2 heterocycles. The maximum atomic E-state index is 9.44. The normalized spacial score (nSPS) is 10.9. The van der Waals surface area contributed by atoms with Gasteiger partial charge in [0.15, 0.2) is 5.65 Å². The molecule has 0 bridgehead atoms. The van der Waals surface area contributed by atoms with Crippen LogP contribution in [-0.2, 0) is 6.42 Å². The van der Waals surface area contributed by atoms with E-state index in [1.807, 2.05) is 22.6 Å². The zero-order valence-corrected chi connectivity index (χ0v) is 9.61. The lowest BCUT2D eigenvalue weighted by molar-refractivity contribution is 0.474. The maximum Gasteiger partial charge on any atom is 0.160 e. The Morgan fingerprint density at radius 1 is 1.17 bits per heavy atom. The van der Waals surface area contributed by atoms with Crippen molar-refractivity contribution < 1.29 is 5.11 Å². The van der Waals surface area contributed by atoms with Gasteiger partial charge in [-0.25, -0.2) is 0 Å². The van der Waals surface area contributed by atoms with Crippen molar-refractivity contribution in [3.8, 4) is 5.75 Å². The highest BCUT2D eigenvalue weighted by atomic mass is 16.3. The van der Waals surface area contributed by atoms with Crippen LogP contribution in [0.3, 0.4) is 0 Å². The number of nitrogen functional groups attached to an aromatic ring is 1. The van der Waals surface area contributed by atoms with Crippen molar-refractivity contribution in [2.75, 3.05) is 5.73 Å². The quantitative estimate of drug-likeness (QED) is 0.713. The number of anilines is 1. The first kappa shape index (κ1) is 10.6. The number of nitrogens with two attached hydrogens (primary N) is 1. The van der Waals surface area contributed by atoms with Gasteiger partial charge < -0.3 is 10.8 Å². The van der Waals surface area contributed by atoms with Crippen LogP contribution < -0.4 is 5.73 Å². The van der Waals surface area contributed by atoms with Crippen LogP contribution in [0.4, 0.5) is 5.69 Å². The van der Waals surface area contributed by atoms with Gasteiger partial charge in [0.25, 0.3) is 0 Å². The van der Waals surface area contributed by atoms with Gasteiger partial charge in [-0.15, -0.1) is 10.2 Å². The summed E-state index contributed by atoms with van der Waals surface area (Å²) in [5, 5.41) is 17.6. The van der Waals surface area contributed by atoms with Crippen molar-refractivity contribution in [1.29, 1.82) is 0 Å². The van der Waals surface area contributed by atoms with Crippen molar-refractivity contribution in [2.45, 2.75) is 6.42 Å². The van der Waals surface area contributed by atoms with Gasteiger partial charge in [-0.1, -0.05) is 12.1 Å². The number of fused-ring (bicyclic) bond motifs is 1. The minimum absolute atomic E-state index is 0.251. The Hall–Kier alpha value is -2.56. The molecular weight excluding hydrogens is 228 g/mol. The standard InChI is InChI=1S/C13H12N4O/c14-10-4-5-12-15-16-13(17(12)8-10)7-9-2-1-3-11(18)6-9/h1-6,8,18H,7,14H2. The number of phenolic OH excluding ortho intramolecular Hbond substituents is 1. The number of phenols is 1. The fraction of sp³-hybridized carbons (Fsp3) is 0.0769. The number of aromatic hydroxyl groups is 1. The van der Waals surface area contributed by atoms with E-state index < -0.39 is 0 Å². The number of aromatic nitrogens is 3. The molecule has 2 aromatic heterocycles. The summed E-state index contributed by atoms with van der Waals surface area (Å²) in [6.07, 6.45) is 2.40. The summed E-state index contributed by atoms with van der Waals surface area (Å²) in [5.74, 6) is 1.05. The third-order valence-corrected chi connectivity index (χ3v) is 2.77. The summed E-state index contributed by atoms with van der Waals surface area (Å²) < 4.78 is 1.86. The van der Waals surface area contributed by atoms with Crippen molar-refractivity contribution in [3.63, 3.8) is 0 Å². The molecule has 0 atom stereocenters. The second-order valence-electron chi connectivity index (χ2n) is 4.15. The van der Waals surface area contributed by atoms with E-state index in [0.29, 0.717) is 12.1 Å². The highest BCUT2D eigenvalue weighted by Crippen LogP contribution is 2.15. The van der Waals surface area contributed by atoms with Crippen LogP contribution in [0.5, 0.6) is 5.75 Å². The predicted molar refractivity (Wildman–Crippen MR) is 68.3 cm³/mol. The van der Waals surface area contributed by atoms with Crippen LogP contribution in [0.1, 0.15) is 11.4 Å². The molecule has 0 radical (unpaired) electrons. The molecule has 0 saturated carbocycles. The molecule has 1 aromatic carbocycles. The summed E-state index contributed by atoms with van der Waals surface area (Å²) in [6.45, 7) is 0. The molecule has 18 heavy (non-hydrogen) atoms. The number of nitrogens with zero attached hydrogens (tertiary/aromatic N) is 3. The van der Waals surface area contributed by atoms with Crippen LogP contribution in [0.15, 0.2) is 42.6 Å². The molecular formula is C13H12N4O. The topological polar surface area (TPSA) is 76.4 Å². The zero-order valence-electron chi connectivity index (χ0n) is 9.61. The molecule has 0 amide bonds. The molecule has 0 aliphatic carbocycles. The lowest BCUT2D eigenvalue weighted by atomic mass is 10.1. The van der Waals surface area contributed by atoms with Crippen LogP contribution in [0.25, 0.3) is 5.65 Å². The predicted octanol–water partition coefficient (Wildman–Crippen LogP) is 1.61. The van der Waals surface area contributed by atoms with E-state index in [-0.39, 0.29) is 5.75 Å². The molecule has 5 nitrogen and oxygen atoms in total. The van der Waals surface area contributed by atoms with E-state index in [1.54, 1.807) is 24.4 Å². The summed E-state index contributed by atoms with van der Waals surface area (Å²) in [4.78, 5) is 0. The number of pyridine rings is 1. The van der Waals surface area contributed by atoms with Gasteiger partial charge in [0.2, 0.25) is 0 Å². The first-order valence-corrected chi connectivity index (χ1v) is 5.59. The maximum absolute atomic E-state index is 9.44. The van der Waals surface area contributed by atoms with Crippen LogP contribution in [0.2, 0.25) is 0 Å². The first-order chi connectivity index (χ1) is 8.72. The molecule has 0 saturated heterocycles. The molecule has 5 heteroatoms. The van der Waals surface area contributed by atoms with Crippen molar-refractivity contribution in [2.24, 2.45) is 0 Å². The highest BCUT2D eigenvalue weighted by Gasteiger charge is 2.06. The van der Waals surface area contributed by atoms with E-state index in [0.717, 1.165) is 17.0 Å². The Labute approximate surface area is 104 Å². The minimum atomic E-state index is 0.251. The van der Waals surface area contributed by atoms with Crippen LogP contribution >= 0.6 is 0 Å². The Morgan fingerprint density at radius 2 is 2.06 bits per heavy atom.